The van der Waals surface area contributed by atoms with Crippen LogP contribution in [-0.4, -0.2) is 17.4 Å². The van der Waals surface area contributed by atoms with Gasteiger partial charge in [0.25, 0.3) is 5.91 Å². The van der Waals surface area contributed by atoms with Crippen molar-refractivity contribution in [2.24, 2.45) is 0 Å². The summed E-state index contributed by atoms with van der Waals surface area (Å²) in [7, 11) is 0. The fraction of sp³-hybridized carbons (Fsp3) is 0.214. The minimum absolute atomic E-state index is 0.0455. The van der Waals surface area contributed by atoms with Crippen molar-refractivity contribution < 1.29 is 4.79 Å². The first-order valence-electron chi connectivity index (χ1n) is 6.10. The Labute approximate surface area is 120 Å². The lowest BCUT2D eigenvalue weighted by atomic mass is 10.1. The monoisotopic (exact) mass is 292 g/mol. The van der Waals surface area contributed by atoms with Crippen molar-refractivity contribution in [2.75, 3.05) is 11.9 Å². The van der Waals surface area contributed by atoms with E-state index in [0.717, 1.165) is 11.3 Å². The van der Waals surface area contributed by atoms with Crippen LogP contribution in [0.3, 0.4) is 0 Å². The van der Waals surface area contributed by atoms with Gasteiger partial charge >= 0.3 is 0 Å². The Bertz CT molecular complexity index is 612. The van der Waals surface area contributed by atoms with Crippen molar-refractivity contribution in [1.82, 2.24) is 4.90 Å². The number of carbonyl (C=O) groups excluding carboxylic acids is 1. The van der Waals surface area contributed by atoms with Crippen molar-refractivity contribution >= 4 is 34.5 Å². The van der Waals surface area contributed by atoms with Crippen LogP contribution in [0.1, 0.15) is 29.0 Å². The van der Waals surface area contributed by atoms with Gasteiger partial charge < -0.3 is 10.2 Å². The molecule has 1 unspecified atom stereocenters. The molecule has 1 aliphatic rings. The first-order valence-corrected chi connectivity index (χ1v) is 7.42. The second-order valence-electron chi connectivity index (χ2n) is 4.38. The van der Waals surface area contributed by atoms with E-state index in [1.807, 2.05) is 23.3 Å². The number of rotatable bonds is 2. The molecule has 1 aromatic heterocycles. The van der Waals surface area contributed by atoms with Gasteiger partial charge in [-0.05, 0) is 41.9 Å². The minimum Gasteiger partial charge on any atom is -0.361 e. The van der Waals surface area contributed by atoms with E-state index in [9.17, 15) is 4.79 Å². The highest BCUT2D eigenvalue weighted by Crippen LogP contribution is 2.34. The van der Waals surface area contributed by atoms with Gasteiger partial charge in [-0.1, -0.05) is 11.6 Å². The zero-order valence-electron chi connectivity index (χ0n) is 10.4. The number of anilines is 1. The highest BCUT2D eigenvalue weighted by molar-refractivity contribution is 7.08. The van der Waals surface area contributed by atoms with Crippen molar-refractivity contribution in [2.45, 2.75) is 13.1 Å². The fourth-order valence-corrected chi connectivity index (χ4v) is 3.19. The van der Waals surface area contributed by atoms with Crippen molar-refractivity contribution in [3.05, 3.63) is 51.2 Å². The number of carbonyl (C=O) groups is 1. The number of halogens is 1. The van der Waals surface area contributed by atoms with Crippen molar-refractivity contribution in [3.8, 4) is 0 Å². The molecule has 98 valence electrons. The third-order valence-corrected chi connectivity index (χ3v) is 4.21. The molecule has 1 aliphatic heterocycles. The molecule has 3 rings (SSSR count). The molecule has 1 atom stereocenters. The first-order chi connectivity index (χ1) is 9.20. The number of amides is 1. The van der Waals surface area contributed by atoms with Crippen LogP contribution in [0.25, 0.3) is 0 Å². The van der Waals surface area contributed by atoms with Gasteiger partial charge in [0.2, 0.25) is 0 Å². The van der Waals surface area contributed by atoms with Gasteiger partial charge in [0.15, 0.2) is 0 Å². The Balaban J connectivity index is 2.07. The number of thiophene rings is 1. The average Bonchev–Trinajstić information content (AvgIpc) is 2.91. The fourth-order valence-electron chi connectivity index (χ4n) is 2.34. The Morgan fingerprint density at radius 3 is 2.95 bits per heavy atom. The number of hydrogen-bond donors (Lipinski definition) is 1. The molecule has 0 aliphatic carbocycles. The SMILES string of the molecule is CCN1C(=O)c2ccc(Cl)cc2NC1c1ccsc1. The molecular formula is C14H13ClN2OS. The lowest BCUT2D eigenvalue weighted by Gasteiger charge is -2.37. The van der Waals surface area contributed by atoms with Crippen LogP contribution in [0, 0.1) is 0 Å². The Morgan fingerprint density at radius 1 is 1.42 bits per heavy atom. The number of hydrogen-bond acceptors (Lipinski definition) is 3. The van der Waals surface area contributed by atoms with Gasteiger partial charge in [-0.3, -0.25) is 4.79 Å². The van der Waals surface area contributed by atoms with Crippen LogP contribution in [0.4, 0.5) is 5.69 Å². The zero-order valence-corrected chi connectivity index (χ0v) is 12.0. The lowest BCUT2D eigenvalue weighted by Crippen LogP contribution is -2.42. The largest absolute Gasteiger partial charge is 0.361 e. The van der Waals surface area contributed by atoms with Gasteiger partial charge in [0.1, 0.15) is 6.17 Å². The van der Waals surface area contributed by atoms with E-state index in [4.69, 9.17) is 11.6 Å². The van der Waals surface area contributed by atoms with E-state index in [0.29, 0.717) is 17.1 Å². The van der Waals surface area contributed by atoms with Crippen molar-refractivity contribution in [1.29, 1.82) is 0 Å². The molecule has 1 N–H and O–H groups in total. The highest BCUT2D eigenvalue weighted by atomic mass is 35.5. The normalized spacial score (nSPS) is 18.1. The first kappa shape index (κ1) is 12.5. The van der Waals surface area contributed by atoms with Crippen LogP contribution in [0.5, 0.6) is 0 Å². The van der Waals surface area contributed by atoms with Gasteiger partial charge in [-0.25, -0.2) is 0 Å². The van der Waals surface area contributed by atoms with E-state index in [1.54, 1.807) is 29.5 Å². The highest BCUT2D eigenvalue weighted by Gasteiger charge is 2.31. The maximum absolute atomic E-state index is 12.5. The molecule has 0 bridgehead atoms. The predicted molar refractivity (Wildman–Crippen MR) is 78.8 cm³/mol. The maximum atomic E-state index is 12.5. The molecule has 0 saturated heterocycles. The number of fused-ring (bicyclic) bond motifs is 1. The Morgan fingerprint density at radius 2 is 2.26 bits per heavy atom. The summed E-state index contributed by atoms with van der Waals surface area (Å²) in [6.45, 7) is 2.65. The van der Waals surface area contributed by atoms with Gasteiger partial charge in [0.05, 0.1) is 11.3 Å². The molecule has 0 radical (unpaired) electrons. The second-order valence-corrected chi connectivity index (χ2v) is 5.60. The molecule has 1 amide bonds. The second kappa shape index (κ2) is 4.87. The van der Waals surface area contributed by atoms with E-state index >= 15 is 0 Å². The third-order valence-electron chi connectivity index (χ3n) is 3.28. The minimum atomic E-state index is -0.116. The average molecular weight is 293 g/mol. The summed E-state index contributed by atoms with van der Waals surface area (Å²) in [5.41, 5.74) is 2.59. The summed E-state index contributed by atoms with van der Waals surface area (Å²) in [6, 6.07) is 7.37. The summed E-state index contributed by atoms with van der Waals surface area (Å²) in [5.74, 6) is 0.0455. The maximum Gasteiger partial charge on any atom is 0.257 e. The van der Waals surface area contributed by atoms with Gasteiger partial charge in [-0.2, -0.15) is 11.3 Å². The quantitative estimate of drug-likeness (QED) is 0.908. The predicted octanol–water partition coefficient (Wildman–Crippen LogP) is 3.99. The third kappa shape index (κ3) is 2.11. The van der Waals surface area contributed by atoms with Crippen molar-refractivity contribution in [3.63, 3.8) is 0 Å². The van der Waals surface area contributed by atoms with E-state index in [2.05, 4.69) is 10.7 Å². The number of nitrogens with zero attached hydrogens (tertiary/aromatic N) is 1. The van der Waals surface area contributed by atoms with Crippen LogP contribution in [-0.2, 0) is 0 Å². The molecule has 19 heavy (non-hydrogen) atoms. The summed E-state index contributed by atoms with van der Waals surface area (Å²) in [5, 5.41) is 8.11. The molecule has 2 aromatic rings. The molecule has 5 heteroatoms. The van der Waals surface area contributed by atoms with E-state index < -0.39 is 0 Å². The number of nitrogens with one attached hydrogen (secondary N) is 1. The van der Waals surface area contributed by atoms with Crippen LogP contribution >= 0.6 is 22.9 Å². The number of benzene rings is 1. The Hall–Kier alpha value is -1.52. The van der Waals surface area contributed by atoms with E-state index in [-0.39, 0.29) is 12.1 Å². The molecule has 0 saturated carbocycles. The molecule has 2 heterocycles. The van der Waals surface area contributed by atoms with Crippen LogP contribution < -0.4 is 5.32 Å². The van der Waals surface area contributed by atoms with Gasteiger partial charge in [0, 0.05) is 17.1 Å². The smallest absolute Gasteiger partial charge is 0.257 e. The van der Waals surface area contributed by atoms with Crippen LogP contribution in [0.2, 0.25) is 5.02 Å². The molecular weight excluding hydrogens is 280 g/mol. The van der Waals surface area contributed by atoms with E-state index in [1.165, 1.54) is 0 Å². The lowest BCUT2D eigenvalue weighted by molar-refractivity contribution is 0.0695. The van der Waals surface area contributed by atoms with Crippen LogP contribution in [0.15, 0.2) is 35.0 Å². The summed E-state index contributed by atoms with van der Waals surface area (Å²) < 4.78 is 0. The molecule has 0 spiro atoms. The zero-order chi connectivity index (χ0) is 13.4. The molecule has 3 nitrogen and oxygen atoms in total. The summed E-state index contributed by atoms with van der Waals surface area (Å²) in [4.78, 5) is 14.3. The standard InChI is InChI=1S/C14H13ClN2OS/c1-2-17-13(9-5-6-19-8-9)16-12-7-10(15)3-4-11(12)14(17)18/h3-8,13,16H,2H2,1H3. The van der Waals surface area contributed by atoms with Gasteiger partial charge in [-0.15, -0.1) is 0 Å². The summed E-state index contributed by atoms with van der Waals surface area (Å²) in [6.07, 6.45) is -0.116. The Kier molecular flexibility index (Phi) is 3.21. The molecule has 0 fully saturated rings. The molecule has 1 aromatic carbocycles. The summed E-state index contributed by atoms with van der Waals surface area (Å²) >= 11 is 7.63. The topological polar surface area (TPSA) is 32.3 Å².